The van der Waals surface area contributed by atoms with Gasteiger partial charge < -0.3 is 26.0 Å². The Labute approximate surface area is 220 Å². The third kappa shape index (κ3) is 6.59. The molecule has 4 rings (SSSR count). The molecule has 0 radical (unpaired) electrons. The van der Waals surface area contributed by atoms with Gasteiger partial charge in [-0.05, 0) is 73.2 Å². The molecule has 0 saturated heterocycles. The second-order valence-corrected chi connectivity index (χ2v) is 10.5. The van der Waals surface area contributed by atoms with Crippen molar-refractivity contribution in [2.45, 2.75) is 51.6 Å². The van der Waals surface area contributed by atoms with Gasteiger partial charge in [-0.25, -0.2) is 9.59 Å². The van der Waals surface area contributed by atoms with Crippen LogP contribution in [0.1, 0.15) is 41.7 Å². The molecule has 10 nitrogen and oxygen atoms in total. The fraction of sp³-hybridized carbons (Fsp3) is 0.462. The van der Waals surface area contributed by atoms with Crippen molar-refractivity contribution in [3.05, 3.63) is 45.6 Å². The van der Waals surface area contributed by atoms with E-state index in [0.29, 0.717) is 37.6 Å². The number of benzene rings is 1. The number of fused-ring (bicyclic) bond motifs is 1. The van der Waals surface area contributed by atoms with Gasteiger partial charge in [-0.1, -0.05) is 6.07 Å². The van der Waals surface area contributed by atoms with Crippen LogP contribution in [-0.2, 0) is 22.6 Å². The highest BCUT2D eigenvalue weighted by molar-refractivity contribution is 7.10. The van der Waals surface area contributed by atoms with Gasteiger partial charge in [0, 0.05) is 19.2 Å². The Morgan fingerprint density at radius 3 is 2.70 bits per heavy atom. The molecule has 198 valence electrons. The lowest BCUT2D eigenvalue weighted by atomic mass is 10.0. The lowest BCUT2D eigenvalue weighted by Crippen LogP contribution is -2.51. The Hall–Kier alpha value is -3.60. The van der Waals surface area contributed by atoms with Gasteiger partial charge in [-0.2, -0.15) is 0 Å². The lowest BCUT2D eigenvalue weighted by Gasteiger charge is -2.31. The number of carbonyl (C=O) groups excluding carboxylic acids is 4. The molecule has 1 aromatic carbocycles. The zero-order chi connectivity index (χ0) is 26.5. The maximum atomic E-state index is 13.4. The van der Waals surface area contributed by atoms with E-state index in [-0.39, 0.29) is 30.9 Å². The first-order valence-corrected chi connectivity index (χ1v) is 13.3. The summed E-state index contributed by atoms with van der Waals surface area (Å²) in [6.07, 6.45) is 3.15. The lowest BCUT2D eigenvalue weighted by molar-refractivity contribution is -0.140. The summed E-state index contributed by atoms with van der Waals surface area (Å²) in [6, 6.07) is 6.14. The highest BCUT2D eigenvalue weighted by Gasteiger charge is 2.40. The van der Waals surface area contributed by atoms with Gasteiger partial charge in [0.15, 0.2) is 0 Å². The van der Waals surface area contributed by atoms with Crippen molar-refractivity contribution in [1.82, 2.24) is 15.1 Å². The van der Waals surface area contributed by atoms with E-state index in [0.717, 1.165) is 39.5 Å². The molecule has 1 atom stereocenters. The molecule has 2 heterocycles. The monoisotopic (exact) mass is 527 g/mol. The topological polar surface area (TPSA) is 134 Å². The van der Waals surface area contributed by atoms with Crippen LogP contribution in [0, 0.1) is 12.8 Å². The first kappa shape index (κ1) is 26.5. The fourth-order valence-electron chi connectivity index (χ4n) is 4.55. The Bertz CT molecular complexity index is 1180. The second-order valence-electron chi connectivity index (χ2n) is 9.46. The molecule has 0 unspecified atom stereocenters. The van der Waals surface area contributed by atoms with Crippen LogP contribution in [-0.4, -0.2) is 59.9 Å². The molecular weight excluding hydrogens is 494 g/mol. The van der Waals surface area contributed by atoms with Crippen molar-refractivity contribution < 1.29 is 23.9 Å². The summed E-state index contributed by atoms with van der Waals surface area (Å²) in [4.78, 5) is 53.6. The van der Waals surface area contributed by atoms with Crippen LogP contribution in [0.5, 0.6) is 5.75 Å². The van der Waals surface area contributed by atoms with Crippen LogP contribution < -0.4 is 21.1 Å². The Morgan fingerprint density at radius 1 is 1.22 bits per heavy atom. The second kappa shape index (κ2) is 11.6. The maximum Gasteiger partial charge on any atom is 0.321 e. The number of imide groups is 1. The minimum Gasteiger partial charge on any atom is -0.490 e. The molecule has 2 aliphatic rings. The average molecular weight is 528 g/mol. The van der Waals surface area contributed by atoms with E-state index in [9.17, 15) is 19.2 Å². The number of primary amides is 1. The van der Waals surface area contributed by atoms with E-state index < -0.39 is 11.9 Å². The van der Waals surface area contributed by atoms with E-state index >= 15 is 0 Å². The number of hydrogen-bond donors (Lipinski definition) is 3. The minimum absolute atomic E-state index is 0.0625. The largest absolute Gasteiger partial charge is 0.490 e. The molecule has 4 N–H and O–H groups in total. The van der Waals surface area contributed by atoms with E-state index in [4.69, 9.17) is 10.5 Å². The normalized spacial score (nSPS) is 16.7. The number of nitrogens with one attached hydrogen (secondary N) is 2. The van der Waals surface area contributed by atoms with E-state index in [1.807, 2.05) is 36.6 Å². The zero-order valence-corrected chi connectivity index (χ0v) is 21.9. The molecule has 1 aromatic heterocycles. The molecule has 6 amide bonds. The van der Waals surface area contributed by atoms with Crippen LogP contribution in [0.2, 0.25) is 0 Å². The summed E-state index contributed by atoms with van der Waals surface area (Å²) in [7, 11) is 1.54. The fourth-order valence-corrected chi connectivity index (χ4v) is 5.36. The number of carbonyl (C=O) groups is 4. The van der Waals surface area contributed by atoms with Crippen molar-refractivity contribution >= 4 is 40.9 Å². The van der Waals surface area contributed by atoms with Gasteiger partial charge in [0.05, 0.1) is 17.5 Å². The number of ether oxygens (including phenoxy) is 1. The third-order valence-corrected chi connectivity index (χ3v) is 7.73. The number of rotatable bonds is 8. The maximum absolute atomic E-state index is 13.4. The number of nitrogens with two attached hydrogens (primary N) is 1. The zero-order valence-electron chi connectivity index (χ0n) is 21.1. The number of aryl methyl sites for hydroxylation is 2. The van der Waals surface area contributed by atoms with Gasteiger partial charge in [-0.3, -0.25) is 14.5 Å². The Morgan fingerprint density at radius 2 is 2.00 bits per heavy atom. The predicted octanol–water partition coefficient (Wildman–Crippen LogP) is 3.24. The number of urea groups is 2. The molecule has 0 spiro atoms. The third-order valence-electron chi connectivity index (χ3n) is 6.85. The van der Waals surface area contributed by atoms with E-state index in [1.54, 1.807) is 4.90 Å². The summed E-state index contributed by atoms with van der Waals surface area (Å²) in [5, 5.41) is 7.16. The first-order valence-electron chi connectivity index (χ1n) is 12.4. The molecule has 1 aliphatic heterocycles. The molecule has 37 heavy (non-hydrogen) atoms. The van der Waals surface area contributed by atoms with Crippen LogP contribution >= 0.6 is 11.3 Å². The highest BCUT2D eigenvalue weighted by atomic mass is 32.1. The highest BCUT2D eigenvalue weighted by Crippen LogP contribution is 2.39. The Balaban J connectivity index is 1.37. The number of hydrogen-bond acceptors (Lipinski definition) is 6. The Kier molecular flexibility index (Phi) is 8.32. The summed E-state index contributed by atoms with van der Waals surface area (Å²) in [5.41, 5.74) is 8.18. The van der Waals surface area contributed by atoms with Crippen molar-refractivity contribution in [2.24, 2.45) is 11.7 Å². The minimum atomic E-state index is -0.933. The van der Waals surface area contributed by atoms with Gasteiger partial charge in [-0.15, -0.1) is 11.3 Å². The molecule has 1 fully saturated rings. The average Bonchev–Trinajstić information content (AvgIpc) is 3.65. The van der Waals surface area contributed by atoms with Gasteiger partial charge >= 0.3 is 12.1 Å². The summed E-state index contributed by atoms with van der Waals surface area (Å²) < 4.78 is 5.94. The predicted molar refractivity (Wildman–Crippen MR) is 140 cm³/mol. The van der Waals surface area contributed by atoms with E-state index in [2.05, 4.69) is 10.6 Å². The van der Waals surface area contributed by atoms with Gasteiger partial charge in [0.25, 0.3) is 0 Å². The number of amides is 6. The van der Waals surface area contributed by atoms with Crippen molar-refractivity contribution in [3.63, 3.8) is 0 Å². The number of thiophene rings is 1. The van der Waals surface area contributed by atoms with Crippen molar-refractivity contribution in [1.29, 1.82) is 0 Å². The number of nitrogens with zero attached hydrogens (tertiary/aromatic N) is 2. The first-order chi connectivity index (χ1) is 17.8. The standard InChI is InChI=1S/C26H33N5O5S/c1-16-6-9-19(29-26(35)28-2)12-18(16)4-3-5-23(32)31(25(27)34)14-24(33)30-13-22-21(10-11-37-22)36-15-20(30)17-7-8-17/h6,9-12,17,20H,3-5,7-8,13-15H2,1-2H3,(H2,27,34)(H2,28,29,35)/t20-/m0/s1. The van der Waals surface area contributed by atoms with Crippen LogP contribution in [0.25, 0.3) is 0 Å². The van der Waals surface area contributed by atoms with E-state index in [1.165, 1.54) is 18.4 Å². The van der Waals surface area contributed by atoms with Crippen molar-refractivity contribution in [3.8, 4) is 5.75 Å². The van der Waals surface area contributed by atoms with Crippen molar-refractivity contribution in [2.75, 3.05) is 25.5 Å². The number of anilines is 1. The molecule has 2 aromatic rings. The molecule has 11 heteroatoms. The smallest absolute Gasteiger partial charge is 0.321 e. The molecule has 1 aliphatic carbocycles. The summed E-state index contributed by atoms with van der Waals surface area (Å²) in [6.45, 7) is 2.36. The van der Waals surface area contributed by atoms with Crippen LogP contribution in [0.3, 0.4) is 0 Å². The van der Waals surface area contributed by atoms with Gasteiger partial charge in [0.2, 0.25) is 11.8 Å². The molecular formula is C26H33N5O5S. The van der Waals surface area contributed by atoms with Crippen LogP contribution in [0.15, 0.2) is 29.6 Å². The summed E-state index contributed by atoms with van der Waals surface area (Å²) >= 11 is 1.52. The van der Waals surface area contributed by atoms with Crippen LogP contribution in [0.4, 0.5) is 15.3 Å². The quantitative estimate of drug-likeness (QED) is 0.485. The molecule has 0 bridgehead atoms. The SMILES string of the molecule is CNC(=O)Nc1ccc(C)c(CCCC(=O)N(CC(=O)N2Cc3sccc3OC[C@H]2C2CC2)C(N)=O)c1. The van der Waals surface area contributed by atoms with Gasteiger partial charge in [0.1, 0.15) is 18.9 Å². The molecule has 1 saturated carbocycles. The summed E-state index contributed by atoms with van der Waals surface area (Å²) in [5.74, 6) is 0.368.